The van der Waals surface area contributed by atoms with Crippen LogP contribution in [0, 0.1) is 0 Å². The van der Waals surface area contributed by atoms with Gasteiger partial charge in [0.1, 0.15) is 12.4 Å². The van der Waals surface area contributed by atoms with Crippen molar-refractivity contribution in [2.24, 2.45) is 0 Å². The van der Waals surface area contributed by atoms with Crippen molar-refractivity contribution in [2.75, 3.05) is 28.7 Å². The third-order valence-corrected chi connectivity index (χ3v) is 5.23. The molecule has 1 aromatic heterocycles. The fourth-order valence-electron chi connectivity index (χ4n) is 3.78. The normalized spacial score (nSPS) is 12.9. The SMILES string of the molecule is O=C(Nc1ccc2c(c1)OCCN2Cc1ccccc1)Nc1c[nH]c2ccccc12. The topological polar surface area (TPSA) is 69.4 Å². The van der Waals surface area contributed by atoms with Crippen molar-refractivity contribution in [1.82, 2.24) is 4.98 Å². The van der Waals surface area contributed by atoms with Crippen LogP contribution in [-0.4, -0.2) is 24.2 Å². The largest absolute Gasteiger partial charge is 0.489 e. The number of carbonyl (C=O) groups is 1. The number of H-pyrrole nitrogens is 1. The number of hydrogen-bond acceptors (Lipinski definition) is 3. The number of anilines is 3. The summed E-state index contributed by atoms with van der Waals surface area (Å²) in [5.74, 6) is 0.780. The third-order valence-electron chi connectivity index (χ3n) is 5.23. The van der Waals surface area contributed by atoms with E-state index in [0.717, 1.165) is 41.1 Å². The van der Waals surface area contributed by atoms with E-state index < -0.39 is 0 Å². The van der Waals surface area contributed by atoms with Gasteiger partial charge in [-0.25, -0.2) is 4.79 Å². The quantitative estimate of drug-likeness (QED) is 0.442. The lowest BCUT2D eigenvalue weighted by molar-refractivity contribution is 0.262. The van der Waals surface area contributed by atoms with Crippen LogP contribution in [0.25, 0.3) is 10.9 Å². The molecule has 4 aromatic rings. The van der Waals surface area contributed by atoms with Crippen LogP contribution in [0.15, 0.2) is 79.0 Å². The molecule has 5 rings (SSSR count). The van der Waals surface area contributed by atoms with Crippen molar-refractivity contribution >= 4 is 34.0 Å². The second-order valence-corrected chi connectivity index (χ2v) is 7.27. The van der Waals surface area contributed by atoms with Gasteiger partial charge in [-0.05, 0) is 23.8 Å². The Morgan fingerprint density at radius 3 is 2.73 bits per heavy atom. The number of fused-ring (bicyclic) bond motifs is 2. The van der Waals surface area contributed by atoms with Crippen LogP contribution in [0.4, 0.5) is 21.9 Å². The number of nitrogens with zero attached hydrogens (tertiary/aromatic N) is 1. The lowest BCUT2D eigenvalue weighted by atomic mass is 10.1. The average molecular weight is 398 g/mol. The summed E-state index contributed by atoms with van der Waals surface area (Å²) in [5.41, 5.74) is 4.70. The van der Waals surface area contributed by atoms with Gasteiger partial charge in [-0.3, -0.25) is 0 Å². The highest BCUT2D eigenvalue weighted by Gasteiger charge is 2.19. The Bertz CT molecular complexity index is 1190. The number of aromatic nitrogens is 1. The molecule has 6 nitrogen and oxygen atoms in total. The van der Waals surface area contributed by atoms with E-state index in [-0.39, 0.29) is 6.03 Å². The van der Waals surface area contributed by atoms with Crippen LogP contribution in [-0.2, 0) is 6.54 Å². The molecule has 0 bridgehead atoms. The molecular formula is C24H22N4O2. The van der Waals surface area contributed by atoms with Crippen molar-refractivity contribution in [3.05, 3.63) is 84.6 Å². The zero-order valence-corrected chi connectivity index (χ0v) is 16.4. The van der Waals surface area contributed by atoms with E-state index in [1.54, 1.807) is 6.20 Å². The number of benzene rings is 3. The summed E-state index contributed by atoms with van der Waals surface area (Å²) in [5, 5.41) is 6.77. The van der Waals surface area contributed by atoms with Crippen LogP contribution in [0.3, 0.4) is 0 Å². The summed E-state index contributed by atoms with van der Waals surface area (Å²) in [6.45, 7) is 2.27. The molecule has 2 heterocycles. The first-order valence-corrected chi connectivity index (χ1v) is 9.96. The monoisotopic (exact) mass is 398 g/mol. The zero-order valence-electron chi connectivity index (χ0n) is 16.4. The standard InChI is InChI=1S/C24H22N4O2/c29-24(27-21-15-25-20-9-5-4-8-19(20)21)26-18-10-11-22-23(14-18)30-13-12-28(22)16-17-6-2-1-3-7-17/h1-11,14-15,25H,12-13,16H2,(H2,26,27,29). The second-order valence-electron chi connectivity index (χ2n) is 7.27. The fourth-order valence-corrected chi connectivity index (χ4v) is 3.78. The molecule has 3 N–H and O–H groups in total. The van der Waals surface area contributed by atoms with Gasteiger partial charge in [0.15, 0.2) is 0 Å². The summed E-state index contributed by atoms with van der Waals surface area (Å²) in [6, 6.07) is 23.7. The number of ether oxygens (including phenoxy) is 1. The summed E-state index contributed by atoms with van der Waals surface area (Å²) < 4.78 is 5.86. The van der Waals surface area contributed by atoms with E-state index in [9.17, 15) is 4.79 Å². The Morgan fingerprint density at radius 1 is 1.00 bits per heavy atom. The maximum absolute atomic E-state index is 12.5. The Kier molecular flexibility index (Phi) is 4.73. The molecule has 0 unspecified atom stereocenters. The van der Waals surface area contributed by atoms with Crippen molar-refractivity contribution in [3.8, 4) is 5.75 Å². The van der Waals surface area contributed by atoms with Crippen LogP contribution in [0.1, 0.15) is 5.56 Å². The average Bonchev–Trinajstić information content (AvgIpc) is 3.17. The minimum absolute atomic E-state index is 0.295. The Hall–Kier alpha value is -3.93. The Morgan fingerprint density at radius 2 is 1.83 bits per heavy atom. The molecule has 2 amide bonds. The highest BCUT2D eigenvalue weighted by molar-refractivity contribution is 6.06. The van der Waals surface area contributed by atoms with Gasteiger partial charge in [0.05, 0.1) is 17.9 Å². The molecule has 0 spiro atoms. The van der Waals surface area contributed by atoms with E-state index >= 15 is 0 Å². The van der Waals surface area contributed by atoms with Gasteiger partial charge in [0.25, 0.3) is 0 Å². The molecule has 0 saturated heterocycles. The highest BCUT2D eigenvalue weighted by atomic mass is 16.5. The molecule has 0 aliphatic carbocycles. The van der Waals surface area contributed by atoms with Crippen molar-refractivity contribution in [2.45, 2.75) is 6.54 Å². The van der Waals surface area contributed by atoms with Crippen molar-refractivity contribution in [1.29, 1.82) is 0 Å². The Balaban J connectivity index is 1.30. The van der Waals surface area contributed by atoms with E-state index in [2.05, 4.69) is 44.8 Å². The first kappa shape index (κ1) is 18.1. The molecule has 0 fully saturated rings. The van der Waals surface area contributed by atoms with Crippen LogP contribution >= 0.6 is 0 Å². The van der Waals surface area contributed by atoms with Gasteiger partial charge in [-0.1, -0.05) is 48.5 Å². The number of amides is 2. The first-order valence-electron chi connectivity index (χ1n) is 9.96. The number of carbonyl (C=O) groups excluding carboxylic acids is 1. The van der Waals surface area contributed by atoms with Crippen LogP contribution < -0.4 is 20.3 Å². The number of aromatic amines is 1. The van der Waals surface area contributed by atoms with Gasteiger partial charge in [0, 0.05) is 35.4 Å². The Labute approximate surface area is 174 Å². The fraction of sp³-hybridized carbons (Fsp3) is 0.125. The van der Waals surface area contributed by atoms with Gasteiger partial charge in [0.2, 0.25) is 0 Å². The lowest BCUT2D eigenvalue weighted by Crippen LogP contribution is -2.32. The van der Waals surface area contributed by atoms with E-state index in [1.807, 2.05) is 48.5 Å². The van der Waals surface area contributed by atoms with Gasteiger partial charge in [-0.15, -0.1) is 0 Å². The molecule has 6 heteroatoms. The predicted molar refractivity (Wildman–Crippen MR) is 120 cm³/mol. The van der Waals surface area contributed by atoms with E-state index in [4.69, 9.17) is 4.74 Å². The molecule has 3 aromatic carbocycles. The molecule has 1 aliphatic heterocycles. The number of hydrogen-bond donors (Lipinski definition) is 3. The molecule has 1 aliphatic rings. The molecule has 0 atom stereocenters. The molecule has 0 saturated carbocycles. The number of nitrogens with one attached hydrogen (secondary N) is 3. The number of urea groups is 1. The minimum Gasteiger partial charge on any atom is -0.489 e. The highest BCUT2D eigenvalue weighted by Crippen LogP contribution is 2.35. The minimum atomic E-state index is -0.295. The molecular weight excluding hydrogens is 376 g/mol. The van der Waals surface area contributed by atoms with Crippen molar-refractivity contribution < 1.29 is 9.53 Å². The maximum atomic E-state index is 12.5. The summed E-state index contributed by atoms with van der Waals surface area (Å²) in [4.78, 5) is 18.0. The van der Waals surface area contributed by atoms with E-state index in [0.29, 0.717) is 12.3 Å². The maximum Gasteiger partial charge on any atom is 0.323 e. The van der Waals surface area contributed by atoms with E-state index in [1.165, 1.54) is 5.56 Å². The predicted octanol–water partition coefficient (Wildman–Crippen LogP) is 5.21. The second kappa shape index (κ2) is 7.83. The lowest BCUT2D eigenvalue weighted by Gasteiger charge is -2.31. The van der Waals surface area contributed by atoms with Crippen molar-refractivity contribution in [3.63, 3.8) is 0 Å². The first-order chi connectivity index (χ1) is 14.8. The number of rotatable bonds is 4. The zero-order chi connectivity index (χ0) is 20.3. The summed E-state index contributed by atoms with van der Waals surface area (Å²) in [6.07, 6.45) is 1.79. The molecule has 0 radical (unpaired) electrons. The summed E-state index contributed by atoms with van der Waals surface area (Å²) in [7, 11) is 0. The van der Waals surface area contributed by atoms with Crippen LogP contribution in [0.5, 0.6) is 5.75 Å². The third kappa shape index (κ3) is 3.67. The molecule has 30 heavy (non-hydrogen) atoms. The molecule has 150 valence electrons. The van der Waals surface area contributed by atoms with Crippen LogP contribution in [0.2, 0.25) is 0 Å². The smallest absolute Gasteiger partial charge is 0.323 e. The van der Waals surface area contributed by atoms with Gasteiger partial charge in [-0.2, -0.15) is 0 Å². The number of para-hydroxylation sites is 1. The summed E-state index contributed by atoms with van der Waals surface area (Å²) >= 11 is 0. The van der Waals surface area contributed by atoms with Gasteiger partial charge < -0.3 is 25.3 Å². The van der Waals surface area contributed by atoms with Gasteiger partial charge >= 0.3 is 6.03 Å².